The summed E-state index contributed by atoms with van der Waals surface area (Å²) >= 11 is 0. The monoisotopic (exact) mass is 275 g/mol. The first-order chi connectivity index (χ1) is 9.49. The van der Waals surface area contributed by atoms with Gasteiger partial charge in [-0.3, -0.25) is 4.98 Å². The molecule has 0 aliphatic carbocycles. The van der Waals surface area contributed by atoms with Gasteiger partial charge in [-0.25, -0.2) is 9.18 Å². The Bertz CT molecular complexity index is 632. The highest BCUT2D eigenvalue weighted by Gasteiger charge is 2.15. The van der Waals surface area contributed by atoms with Gasteiger partial charge < -0.3 is 16.2 Å². The summed E-state index contributed by atoms with van der Waals surface area (Å²) in [5.41, 5.74) is 6.81. The molecule has 0 radical (unpaired) electrons. The minimum Gasteiger partial charge on any atom is -0.478 e. The number of rotatable bonds is 4. The highest BCUT2D eigenvalue weighted by atomic mass is 19.1. The Morgan fingerprint density at radius 1 is 1.40 bits per heavy atom. The molecule has 4 N–H and O–H groups in total. The molecule has 0 fully saturated rings. The van der Waals surface area contributed by atoms with Crippen molar-refractivity contribution in [2.45, 2.75) is 13.0 Å². The van der Waals surface area contributed by atoms with E-state index in [4.69, 9.17) is 10.8 Å². The lowest BCUT2D eigenvalue weighted by atomic mass is 10.1. The predicted molar refractivity (Wildman–Crippen MR) is 74.0 cm³/mol. The van der Waals surface area contributed by atoms with Gasteiger partial charge in [0.15, 0.2) is 0 Å². The van der Waals surface area contributed by atoms with Gasteiger partial charge in [0.05, 0.1) is 16.9 Å². The summed E-state index contributed by atoms with van der Waals surface area (Å²) in [5, 5.41) is 11.9. The van der Waals surface area contributed by atoms with Crippen LogP contribution < -0.4 is 11.1 Å². The number of hydrogen-bond acceptors (Lipinski definition) is 4. The molecule has 0 aliphatic heterocycles. The van der Waals surface area contributed by atoms with Gasteiger partial charge in [0, 0.05) is 18.4 Å². The van der Waals surface area contributed by atoms with Crippen molar-refractivity contribution in [3.8, 4) is 0 Å². The van der Waals surface area contributed by atoms with E-state index in [1.807, 2.05) is 19.1 Å². The van der Waals surface area contributed by atoms with Gasteiger partial charge in [0.1, 0.15) is 5.82 Å². The summed E-state index contributed by atoms with van der Waals surface area (Å²) in [4.78, 5) is 14.7. The predicted octanol–water partition coefficient (Wildman–Crippen LogP) is 2.67. The minimum atomic E-state index is -1.34. The zero-order valence-electron chi connectivity index (χ0n) is 10.8. The summed E-state index contributed by atoms with van der Waals surface area (Å²) in [7, 11) is 0. The molecule has 1 heterocycles. The van der Waals surface area contributed by atoms with E-state index in [1.165, 1.54) is 0 Å². The molecule has 0 bridgehead atoms. The number of nitrogens with two attached hydrogens (primary N) is 1. The van der Waals surface area contributed by atoms with Crippen molar-refractivity contribution >= 4 is 17.3 Å². The molecule has 0 spiro atoms. The molecule has 6 heteroatoms. The molecule has 0 saturated carbocycles. The van der Waals surface area contributed by atoms with E-state index in [0.29, 0.717) is 5.69 Å². The third-order valence-corrected chi connectivity index (χ3v) is 2.95. The Morgan fingerprint density at radius 2 is 2.05 bits per heavy atom. The van der Waals surface area contributed by atoms with Crippen molar-refractivity contribution in [2.75, 3.05) is 11.1 Å². The Kier molecular flexibility index (Phi) is 3.84. The van der Waals surface area contributed by atoms with Crippen molar-refractivity contribution in [1.82, 2.24) is 4.98 Å². The number of aromatic carboxylic acids is 1. The van der Waals surface area contributed by atoms with E-state index in [2.05, 4.69) is 10.3 Å². The van der Waals surface area contributed by atoms with Crippen molar-refractivity contribution in [3.63, 3.8) is 0 Å². The number of carboxylic acids is 1. The Hall–Kier alpha value is -2.63. The molecule has 104 valence electrons. The summed E-state index contributed by atoms with van der Waals surface area (Å²) in [6, 6.07) is 5.75. The van der Waals surface area contributed by atoms with Gasteiger partial charge >= 0.3 is 5.97 Å². The number of benzene rings is 1. The second kappa shape index (κ2) is 5.56. The third-order valence-electron chi connectivity index (χ3n) is 2.95. The lowest BCUT2D eigenvalue weighted by molar-refractivity contribution is 0.0692. The van der Waals surface area contributed by atoms with Gasteiger partial charge in [0.2, 0.25) is 0 Å². The van der Waals surface area contributed by atoms with Crippen molar-refractivity contribution < 1.29 is 14.3 Å². The highest BCUT2D eigenvalue weighted by molar-refractivity contribution is 5.90. The van der Waals surface area contributed by atoms with E-state index >= 15 is 0 Å². The second-order valence-electron chi connectivity index (χ2n) is 4.37. The lowest BCUT2D eigenvalue weighted by Crippen LogP contribution is -2.10. The number of carbonyl (C=O) groups is 1. The maximum Gasteiger partial charge on any atom is 0.338 e. The van der Waals surface area contributed by atoms with Crippen LogP contribution in [0.3, 0.4) is 0 Å². The molecule has 2 aromatic rings. The standard InChI is InChI=1S/C14H14FN3O2/c1-8(9-2-4-17-5-3-9)18-13-7-11(15)10(14(19)20)6-12(13)16/h2-8,18H,16H2,1H3,(H,19,20). The number of nitrogens with zero attached hydrogens (tertiary/aromatic N) is 1. The van der Waals surface area contributed by atoms with E-state index in [-0.39, 0.29) is 11.7 Å². The topological polar surface area (TPSA) is 88.2 Å². The van der Waals surface area contributed by atoms with Crippen LogP contribution in [0.2, 0.25) is 0 Å². The molecule has 0 aliphatic rings. The molecule has 1 unspecified atom stereocenters. The molecule has 0 amide bonds. The number of hydrogen-bond donors (Lipinski definition) is 3. The van der Waals surface area contributed by atoms with Crippen LogP contribution in [0.25, 0.3) is 0 Å². The fourth-order valence-electron chi connectivity index (χ4n) is 1.85. The first kappa shape index (κ1) is 13.8. The van der Waals surface area contributed by atoms with Crippen LogP contribution in [0.5, 0.6) is 0 Å². The summed E-state index contributed by atoms with van der Waals surface area (Å²) in [5.74, 6) is -2.17. The number of anilines is 2. The minimum absolute atomic E-state index is 0.115. The first-order valence-corrected chi connectivity index (χ1v) is 5.98. The largest absolute Gasteiger partial charge is 0.478 e. The van der Waals surface area contributed by atoms with Crippen molar-refractivity contribution in [2.24, 2.45) is 0 Å². The number of carboxylic acid groups (broad SMARTS) is 1. The third kappa shape index (κ3) is 2.85. The van der Waals surface area contributed by atoms with E-state index < -0.39 is 17.3 Å². The molecule has 0 saturated heterocycles. The van der Waals surface area contributed by atoms with Crippen LogP contribution in [0.4, 0.5) is 15.8 Å². The molecule has 2 rings (SSSR count). The molecular formula is C14H14FN3O2. The fourth-order valence-corrected chi connectivity index (χ4v) is 1.85. The zero-order valence-corrected chi connectivity index (χ0v) is 10.8. The normalized spacial score (nSPS) is 11.9. The average molecular weight is 275 g/mol. The fraction of sp³-hybridized carbons (Fsp3) is 0.143. The van der Waals surface area contributed by atoms with E-state index in [0.717, 1.165) is 17.7 Å². The lowest BCUT2D eigenvalue weighted by Gasteiger charge is -2.17. The van der Waals surface area contributed by atoms with E-state index in [1.54, 1.807) is 12.4 Å². The van der Waals surface area contributed by atoms with Gasteiger partial charge in [-0.2, -0.15) is 0 Å². The average Bonchev–Trinajstić information content (AvgIpc) is 2.43. The van der Waals surface area contributed by atoms with Gasteiger partial charge in [-0.15, -0.1) is 0 Å². The maximum absolute atomic E-state index is 13.6. The van der Waals surface area contributed by atoms with Gasteiger partial charge in [-0.05, 0) is 36.8 Å². The number of pyridine rings is 1. The SMILES string of the molecule is CC(Nc1cc(F)c(C(=O)O)cc1N)c1ccncc1. The van der Waals surface area contributed by atoms with Crippen LogP contribution in [0.1, 0.15) is 28.9 Å². The second-order valence-corrected chi connectivity index (χ2v) is 4.37. The number of halogens is 1. The van der Waals surface area contributed by atoms with Gasteiger partial charge in [-0.1, -0.05) is 0 Å². The van der Waals surface area contributed by atoms with Crippen LogP contribution in [-0.4, -0.2) is 16.1 Å². The highest BCUT2D eigenvalue weighted by Crippen LogP contribution is 2.27. The first-order valence-electron chi connectivity index (χ1n) is 5.98. The molecule has 5 nitrogen and oxygen atoms in total. The summed E-state index contributed by atoms with van der Waals surface area (Å²) in [6.07, 6.45) is 3.32. The summed E-state index contributed by atoms with van der Waals surface area (Å²) in [6.45, 7) is 1.89. The van der Waals surface area contributed by atoms with Crippen molar-refractivity contribution in [1.29, 1.82) is 0 Å². The van der Waals surface area contributed by atoms with E-state index in [9.17, 15) is 9.18 Å². The molecule has 20 heavy (non-hydrogen) atoms. The number of nitrogen functional groups attached to an aromatic ring is 1. The van der Waals surface area contributed by atoms with Crippen LogP contribution in [0.15, 0.2) is 36.7 Å². The smallest absolute Gasteiger partial charge is 0.338 e. The Morgan fingerprint density at radius 3 is 2.65 bits per heavy atom. The van der Waals surface area contributed by atoms with Crippen LogP contribution in [0, 0.1) is 5.82 Å². The van der Waals surface area contributed by atoms with Gasteiger partial charge in [0.25, 0.3) is 0 Å². The molecule has 1 aromatic heterocycles. The Balaban J connectivity index is 2.26. The summed E-state index contributed by atoms with van der Waals surface area (Å²) < 4.78 is 13.6. The number of aromatic nitrogens is 1. The Labute approximate surface area is 115 Å². The molecule has 1 aromatic carbocycles. The molecule has 1 atom stereocenters. The maximum atomic E-state index is 13.6. The van der Waals surface area contributed by atoms with Crippen LogP contribution >= 0.6 is 0 Å². The van der Waals surface area contributed by atoms with Crippen LogP contribution in [-0.2, 0) is 0 Å². The zero-order chi connectivity index (χ0) is 14.7. The molecular weight excluding hydrogens is 261 g/mol. The number of nitrogens with one attached hydrogen (secondary N) is 1. The quantitative estimate of drug-likeness (QED) is 0.746. The van der Waals surface area contributed by atoms with Crippen molar-refractivity contribution in [3.05, 3.63) is 53.6 Å².